The summed E-state index contributed by atoms with van der Waals surface area (Å²) in [4.78, 5) is 28.6. The first-order chi connectivity index (χ1) is 19.0. The minimum absolute atomic E-state index is 0.0149. The molecule has 0 saturated heterocycles. The second-order valence-electron chi connectivity index (χ2n) is 9.28. The summed E-state index contributed by atoms with van der Waals surface area (Å²) in [5, 5.41) is 3.73. The third-order valence-electron chi connectivity index (χ3n) is 6.27. The van der Waals surface area contributed by atoms with Gasteiger partial charge in [-0.05, 0) is 67.8 Å². The highest BCUT2D eigenvalue weighted by atomic mass is 35.5. The minimum atomic E-state index is -4.26. The number of halogens is 3. The summed E-state index contributed by atoms with van der Waals surface area (Å²) in [7, 11) is -4.26. The van der Waals surface area contributed by atoms with Crippen LogP contribution in [0.25, 0.3) is 0 Å². The first kappa shape index (κ1) is 31.7. The fourth-order valence-corrected chi connectivity index (χ4v) is 6.09. The molecule has 3 rings (SSSR count). The third-order valence-corrected chi connectivity index (χ3v) is 8.85. The lowest BCUT2D eigenvalue weighted by Gasteiger charge is -2.33. The molecular formula is C29H32Cl3N3O4S. The van der Waals surface area contributed by atoms with Crippen molar-refractivity contribution in [2.24, 2.45) is 0 Å². The van der Waals surface area contributed by atoms with E-state index >= 15 is 0 Å². The Morgan fingerprint density at radius 3 is 2.12 bits per heavy atom. The van der Waals surface area contributed by atoms with E-state index in [1.54, 1.807) is 43.3 Å². The molecule has 1 atom stereocenters. The third kappa shape index (κ3) is 7.91. The molecule has 0 heterocycles. The Hall–Kier alpha value is -2.78. The first-order valence-corrected chi connectivity index (χ1v) is 15.4. The SMILES string of the molecule is CCCNC(=O)[C@@H](CC)N(Cc1ccc(Cl)cc1)C(=O)CN(c1cc(Cl)ccc1Cl)S(=O)(=O)c1ccc(C)cc1. The van der Waals surface area contributed by atoms with Crippen molar-refractivity contribution in [3.05, 3.63) is 92.9 Å². The second-order valence-corrected chi connectivity index (χ2v) is 12.4. The van der Waals surface area contributed by atoms with Crippen LogP contribution in [0.5, 0.6) is 0 Å². The number of hydrogen-bond donors (Lipinski definition) is 1. The number of hydrogen-bond acceptors (Lipinski definition) is 4. The molecule has 1 N–H and O–H groups in total. The van der Waals surface area contributed by atoms with Crippen LogP contribution in [0.1, 0.15) is 37.8 Å². The molecule has 7 nitrogen and oxygen atoms in total. The van der Waals surface area contributed by atoms with Crippen LogP contribution in [0.4, 0.5) is 5.69 Å². The van der Waals surface area contributed by atoms with Gasteiger partial charge in [-0.1, -0.05) is 78.5 Å². The zero-order valence-electron chi connectivity index (χ0n) is 22.5. The molecule has 11 heteroatoms. The molecular weight excluding hydrogens is 593 g/mol. The van der Waals surface area contributed by atoms with E-state index in [9.17, 15) is 18.0 Å². The summed E-state index contributed by atoms with van der Waals surface area (Å²) in [5.74, 6) is -0.902. The largest absolute Gasteiger partial charge is 0.354 e. The van der Waals surface area contributed by atoms with Gasteiger partial charge in [0.05, 0.1) is 15.6 Å². The van der Waals surface area contributed by atoms with Crippen molar-refractivity contribution in [3.8, 4) is 0 Å². The van der Waals surface area contributed by atoms with Gasteiger partial charge >= 0.3 is 0 Å². The quantitative estimate of drug-likeness (QED) is 0.250. The molecule has 0 aromatic heterocycles. The summed E-state index contributed by atoms with van der Waals surface area (Å²) in [5.41, 5.74) is 1.66. The van der Waals surface area contributed by atoms with Gasteiger partial charge in [-0.15, -0.1) is 0 Å². The van der Waals surface area contributed by atoms with Crippen LogP contribution in [0.2, 0.25) is 15.1 Å². The van der Waals surface area contributed by atoms with Gasteiger partial charge in [0, 0.05) is 23.1 Å². The van der Waals surface area contributed by atoms with Gasteiger partial charge in [0.2, 0.25) is 11.8 Å². The molecule has 0 bridgehead atoms. The van der Waals surface area contributed by atoms with Crippen molar-refractivity contribution in [2.75, 3.05) is 17.4 Å². The summed E-state index contributed by atoms with van der Waals surface area (Å²) in [6.45, 7) is 5.48. The van der Waals surface area contributed by atoms with Crippen LogP contribution in [-0.2, 0) is 26.2 Å². The fraction of sp³-hybridized carbons (Fsp3) is 0.310. The molecule has 0 aliphatic carbocycles. The molecule has 0 fully saturated rings. The monoisotopic (exact) mass is 623 g/mol. The molecule has 40 heavy (non-hydrogen) atoms. The number of nitrogens with one attached hydrogen (secondary N) is 1. The van der Waals surface area contributed by atoms with Gasteiger partial charge in [0.1, 0.15) is 12.6 Å². The molecule has 3 aromatic carbocycles. The molecule has 0 spiro atoms. The number of carbonyl (C=O) groups is 2. The first-order valence-electron chi connectivity index (χ1n) is 12.8. The topological polar surface area (TPSA) is 86.8 Å². The van der Waals surface area contributed by atoms with Crippen molar-refractivity contribution >= 4 is 62.3 Å². The lowest BCUT2D eigenvalue weighted by molar-refractivity contribution is -0.140. The zero-order valence-corrected chi connectivity index (χ0v) is 25.6. The summed E-state index contributed by atoms with van der Waals surface area (Å²) >= 11 is 18.7. The van der Waals surface area contributed by atoms with E-state index in [-0.39, 0.29) is 33.1 Å². The second kappa shape index (κ2) is 14.2. The predicted molar refractivity (Wildman–Crippen MR) is 162 cm³/mol. The Labute approximate surface area is 251 Å². The van der Waals surface area contributed by atoms with Crippen molar-refractivity contribution in [1.82, 2.24) is 10.2 Å². The molecule has 2 amide bonds. The van der Waals surface area contributed by atoms with Crippen molar-refractivity contribution < 1.29 is 18.0 Å². The normalized spacial score (nSPS) is 12.1. The van der Waals surface area contributed by atoms with Gasteiger partial charge in [-0.25, -0.2) is 8.42 Å². The maximum Gasteiger partial charge on any atom is 0.264 e. The van der Waals surface area contributed by atoms with Crippen LogP contribution < -0.4 is 9.62 Å². The van der Waals surface area contributed by atoms with E-state index in [1.165, 1.54) is 35.2 Å². The standard InChI is InChI=1S/C29H32Cl3N3O4S/c1-4-16-33-29(37)26(5-2)34(18-21-8-10-22(30)11-9-21)28(36)19-35(27-17-23(31)12-15-25(27)32)40(38,39)24-13-6-20(3)7-14-24/h6-15,17,26H,4-5,16,18-19H2,1-3H3,(H,33,37)/t26-/m1/s1. The van der Waals surface area contributed by atoms with Gasteiger partial charge in [-0.2, -0.15) is 0 Å². The molecule has 3 aromatic rings. The highest BCUT2D eigenvalue weighted by Gasteiger charge is 2.34. The summed E-state index contributed by atoms with van der Waals surface area (Å²) < 4.78 is 28.8. The van der Waals surface area contributed by atoms with Crippen LogP contribution in [0.3, 0.4) is 0 Å². The average molecular weight is 625 g/mol. The van der Waals surface area contributed by atoms with Crippen molar-refractivity contribution in [2.45, 2.75) is 51.1 Å². The van der Waals surface area contributed by atoms with E-state index in [0.29, 0.717) is 18.0 Å². The highest BCUT2D eigenvalue weighted by molar-refractivity contribution is 7.92. The zero-order chi connectivity index (χ0) is 29.4. The Bertz CT molecular complexity index is 1430. The number of rotatable bonds is 12. The van der Waals surface area contributed by atoms with E-state index < -0.39 is 28.5 Å². The van der Waals surface area contributed by atoms with Crippen LogP contribution in [0, 0.1) is 6.92 Å². The number of anilines is 1. The van der Waals surface area contributed by atoms with E-state index in [4.69, 9.17) is 34.8 Å². The number of nitrogens with zero attached hydrogens (tertiary/aromatic N) is 2. The molecule has 214 valence electrons. The van der Waals surface area contributed by atoms with Crippen molar-refractivity contribution in [1.29, 1.82) is 0 Å². The van der Waals surface area contributed by atoms with Crippen LogP contribution in [0.15, 0.2) is 71.6 Å². The molecule has 0 aliphatic rings. The Morgan fingerprint density at radius 2 is 1.52 bits per heavy atom. The molecule has 0 unspecified atom stereocenters. The predicted octanol–water partition coefficient (Wildman–Crippen LogP) is 6.48. The fourth-order valence-electron chi connectivity index (χ4n) is 4.10. The number of sulfonamides is 1. The molecule has 0 saturated carbocycles. The smallest absolute Gasteiger partial charge is 0.264 e. The lowest BCUT2D eigenvalue weighted by atomic mass is 10.1. The van der Waals surface area contributed by atoms with Gasteiger partial charge in [0.25, 0.3) is 10.0 Å². The number of carbonyl (C=O) groups excluding carboxylic acids is 2. The van der Waals surface area contributed by atoms with E-state index in [2.05, 4.69) is 5.32 Å². The Morgan fingerprint density at radius 1 is 0.900 bits per heavy atom. The number of amides is 2. The summed E-state index contributed by atoms with van der Waals surface area (Å²) in [6, 6.07) is 16.7. The highest BCUT2D eigenvalue weighted by Crippen LogP contribution is 2.33. The number of aryl methyl sites for hydroxylation is 1. The Balaban J connectivity index is 2.09. The maximum atomic E-state index is 14.0. The molecule has 0 aliphatic heterocycles. The van der Waals surface area contributed by atoms with Gasteiger partial charge < -0.3 is 10.2 Å². The van der Waals surface area contributed by atoms with Crippen LogP contribution in [-0.4, -0.2) is 44.3 Å². The Kier molecular flexibility index (Phi) is 11.3. The van der Waals surface area contributed by atoms with Gasteiger partial charge in [0.15, 0.2) is 0 Å². The minimum Gasteiger partial charge on any atom is -0.354 e. The van der Waals surface area contributed by atoms with Crippen molar-refractivity contribution in [3.63, 3.8) is 0 Å². The van der Waals surface area contributed by atoms with Gasteiger partial charge in [-0.3, -0.25) is 13.9 Å². The summed E-state index contributed by atoms with van der Waals surface area (Å²) in [6.07, 6.45) is 1.04. The van der Waals surface area contributed by atoms with Crippen LogP contribution >= 0.6 is 34.8 Å². The lowest BCUT2D eigenvalue weighted by Crippen LogP contribution is -2.52. The number of benzene rings is 3. The van der Waals surface area contributed by atoms with E-state index in [0.717, 1.165) is 21.9 Å². The maximum absolute atomic E-state index is 14.0. The average Bonchev–Trinajstić information content (AvgIpc) is 2.93. The molecule has 0 radical (unpaired) electrons. The van der Waals surface area contributed by atoms with E-state index in [1.807, 2.05) is 13.8 Å².